The summed E-state index contributed by atoms with van der Waals surface area (Å²) in [5.41, 5.74) is 7.07. The first-order chi connectivity index (χ1) is 11.2. The van der Waals surface area contributed by atoms with Gasteiger partial charge in [0, 0.05) is 42.1 Å². The zero-order chi connectivity index (χ0) is 15.8. The van der Waals surface area contributed by atoms with Crippen LogP contribution in [-0.2, 0) is 19.5 Å². The minimum Gasteiger partial charge on any atom is -0.340 e. The first-order valence-corrected chi connectivity index (χ1v) is 8.40. The van der Waals surface area contributed by atoms with E-state index in [0.717, 1.165) is 13.1 Å². The zero-order valence-electron chi connectivity index (χ0n) is 13.9. The van der Waals surface area contributed by atoms with E-state index in [2.05, 4.69) is 58.8 Å². The van der Waals surface area contributed by atoms with Gasteiger partial charge >= 0.3 is 0 Å². The molecule has 3 aromatic rings. The summed E-state index contributed by atoms with van der Waals surface area (Å²) >= 11 is 0. The minimum absolute atomic E-state index is 0.932. The molecule has 0 amide bonds. The first-order valence-electron chi connectivity index (χ1n) is 8.40. The molecule has 0 spiro atoms. The van der Waals surface area contributed by atoms with Crippen molar-refractivity contribution in [2.75, 3.05) is 13.6 Å². The fraction of sp³-hybridized carbons (Fsp3) is 0.350. The Balaban J connectivity index is 1.90. The van der Waals surface area contributed by atoms with E-state index in [1.807, 2.05) is 12.4 Å². The number of nitrogens with zero attached hydrogens (tertiary/aromatic N) is 3. The molecule has 3 heteroatoms. The van der Waals surface area contributed by atoms with Crippen LogP contribution in [0.2, 0.25) is 0 Å². The van der Waals surface area contributed by atoms with Crippen LogP contribution in [0, 0.1) is 6.92 Å². The molecule has 0 N–H and O–H groups in total. The summed E-state index contributed by atoms with van der Waals surface area (Å²) in [4.78, 5) is 6.59. The van der Waals surface area contributed by atoms with E-state index in [1.165, 1.54) is 52.7 Å². The smallest absolute Gasteiger partial charge is 0.0489 e. The quantitative estimate of drug-likeness (QED) is 0.718. The number of pyridine rings is 1. The third-order valence-corrected chi connectivity index (χ3v) is 4.91. The topological polar surface area (TPSA) is 21.1 Å². The van der Waals surface area contributed by atoms with Gasteiger partial charge in [-0.3, -0.25) is 4.98 Å². The van der Waals surface area contributed by atoms with Crippen LogP contribution in [0.15, 0.2) is 42.7 Å². The molecule has 3 nitrogen and oxygen atoms in total. The van der Waals surface area contributed by atoms with Gasteiger partial charge in [-0.05, 0) is 68.8 Å². The highest BCUT2D eigenvalue weighted by Gasteiger charge is 2.21. The second kappa shape index (κ2) is 5.82. The molecular formula is C20H23N3. The lowest BCUT2D eigenvalue weighted by Crippen LogP contribution is -2.17. The number of aryl methyl sites for hydroxylation is 1. The van der Waals surface area contributed by atoms with Crippen LogP contribution in [-0.4, -0.2) is 28.0 Å². The van der Waals surface area contributed by atoms with Crippen LogP contribution in [0.5, 0.6) is 0 Å². The van der Waals surface area contributed by atoms with E-state index in [0.29, 0.717) is 0 Å². The molecule has 0 fully saturated rings. The average Bonchev–Trinajstić information content (AvgIpc) is 2.70. The maximum Gasteiger partial charge on any atom is 0.0489 e. The van der Waals surface area contributed by atoms with Crippen LogP contribution in [0.3, 0.4) is 0 Å². The predicted octanol–water partition coefficient (Wildman–Crippen LogP) is 3.77. The Morgan fingerprint density at radius 2 is 1.96 bits per heavy atom. The van der Waals surface area contributed by atoms with Gasteiger partial charge in [0.25, 0.3) is 0 Å². The van der Waals surface area contributed by atoms with Crippen molar-refractivity contribution in [3.63, 3.8) is 0 Å². The summed E-state index contributed by atoms with van der Waals surface area (Å²) in [6.07, 6.45) is 6.17. The lowest BCUT2D eigenvalue weighted by atomic mass is 10.1. The van der Waals surface area contributed by atoms with Crippen molar-refractivity contribution in [3.05, 3.63) is 65.1 Å². The summed E-state index contributed by atoms with van der Waals surface area (Å²) < 4.78 is 2.53. The molecule has 23 heavy (non-hydrogen) atoms. The van der Waals surface area contributed by atoms with Crippen molar-refractivity contribution in [2.24, 2.45) is 0 Å². The largest absolute Gasteiger partial charge is 0.340 e. The third kappa shape index (κ3) is 2.66. The van der Waals surface area contributed by atoms with Crippen molar-refractivity contribution in [2.45, 2.75) is 32.9 Å². The molecule has 0 saturated carbocycles. The summed E-state index contributed by atoms with van der Waals surface area (Å²) in [7, 11) is 2.23. The number of rotatable bonds is 2. The molecule has 1 aliphatic heterocycles. The summed E-state index contributed by atoms with van der Waals surface area (Å²) in [5.74, 6) is 0. The van der Waals surface area contributed by atoms with Crippen molar-refractivity contribution < 1.29 is 0 Å². The number of fused-ring (bicyclic) bond motifs is 3. The molecule has 0 aliphatic carbocycles. The molecule has 0 bridgehead atoms. The fourth-order valence-corrected chi connectivity index (χ4v) is 3.77. The van der Waals surface area contributed by atoms with Crippen LogP contribution < -0.4 is 0 Å². The SMILES string of the molecule is Cc1ccc2c(c1)c1c(n2Cc2ccncc2)CCCN(C)C1. The Morgan fingerprint density at radius 3 is 2.78 bits per heavy atom. The minimum atomic E-state index is 0.932. The number of hydrogen-bond donors (Lipinski definition) is 0. The molecule has 1 aliphatic rings. The van der Waals surface area contributed by atoms with E-state index < -0.39 is 0 Å². The van der Waals surface area contributed by atoms with Gasteiger partial charge in [0.2, 0.25) is 0 Å². The zero-order valence-corrected chi connectivity index (χ0v) is 13.9. The maximum atomic E-state index is 4.15. The van der Waals surface area contributed by atoms with Crippen LogP contribution in [0.1, 0.15) is 28.8 Å². The van der Waals surface area contributed by atoms with Gasteiger partial charge in [-0.1, -0.05) is 11.6 Å². The summed E-state index contributed by atoms with van der Waals surface area (Å²) in [6, 6.07) is 11.1. The number of hydrogen-bond acceptors (Lipinski definition) is 2. The van der Waals surface area contributed by atoms with Crippen LogP contribution in [0.25, 0.3) is 10.9 Å². The monoisotopic (exact) mass is 305 g/mol. The van der Waals surface area contributed by atoms with Gasteiger partial charge < -0.3 is 9.47 Å². The van der Waals surface area contributed by atoms with E-state index in [1.54, 1.807) is 0 Å². The normalized spacial score (nSPS) is 15.6. The van der Waals surface area contributed by atoms with E-state index >= 15 is 0 Å². The van der Waals surface area contributed by atoms with Gasteiger partial charge in [0.1, 0.15) is 0 Å². The van der Waals surface area contributed by atoms with Gasteiger partial charge in [-0.2, -0.15) is 0 Å². The number of aromatic nitrogens is 2. The molecule has 2 aromatic heterocycles. The second-order valence-electron chi connectivity index (χ2n) is 6.73. The fourth-order valence-electron chi connectivity index (χ4n) is 3.77. The van der Waals surface area contributed by atoms with Gasteiger partial charge in [-0.15, -0.1) is 0 Å². The Kier molecular flexibility index (Phi) is 3.66. The highest BCUT2D eigenvalue weighted by molar-refractivity contribution is 5.86. The van der Waals surface area contributed by atoms with Crippen molar-refractivity contribution >= 4 is 10.9 Å². The molecule has 0 unspecified atom stereocenters. The van der Waals surface area contributed by atoms with E-state index in [4.69, 9.17) is 0 Å². The molecule has 0 radical (unpaired) electrons. The Morgan fingerprint density at radius 1 is 1.13 bits per heavy atom. The molecule has 4 rings (SSSR count). The van der Waals surface area contributed by atoms with E-state index in [9.17, 15) is 0 Å². The molecule has 0 saturated heterocycles. The first kappa shape index (κ1) is 14.5. The highest BCUT2D eigenvalue weighted by Crippen LogP contribution is 2.31. The van der Waals surface area contributed by atoms with Crippen molar-refractivity contribution in [1.29, 1.82) is 0 Å². The van der Waals surface area contributed by atoms with Gasteiger partial charge in [-0.25, -0.2) is 0 Å². The third-order valence-electron chi connectivity index (χ3n) is 4.91. The van der Waals surface area contributed by atoms with Crippen molar-refractivity contribution in [1.82, 2.24) is 14.5 Å². The molecule has 0 atom stereocenters. The molecular weight excluding hydrogens is 282 g/mol. The Labute approximate surface area is 137 Å². The number of benzene rings is 1. The van der Waals surface area contributed by atoms with Gasteiger partial charge in [0.05, 0.1) is 0 Å². The maximum absolute atomic E-state index is 4.15. The van der Waals surface area contributed by atoms with Crippen molar-refractivity contribution in [3.8, 4) is 0 Å². The summed E-state index contributed by atoms with van der Waals surface area (Å²) in [5, 5.41) is 1.43. The van der Waals surface area contributed by atoms with E-state index in [-0.39, 0.29) is 0 Å². The van der Waals surface area contributed by atoms with Gasteiger partial charge in [0.15, 0.2) is 0 Å². The lowest BCUT2D eigenvalue weighted by molar-refractivity contribution is 0.333. The second-order valence-corrected chi connectivity index (χ2v) is 6.73. The average molecular weight is 305 g/mol. The predicted molar refractivity (Wildman–Crippen MR) is 94.7 cm³/mol. The molecule has 118 valence electrons. The standard InChI is InChI=1S/C20H23N3/c1-15-5-6-20-17(12-15)18-14-22(2)11-3-4-19(18)23(20)13-16-7-9-21-10-8-16/h5-10,12H,3-4,11,13-14H2,1-2H3. The Hall–Kier alpha value is -2.13. The van der Waals surface area contributed by atoms with Crippen LogP contribution in [0.4, 0.5) is 0 Å². The Bertz CT molecular complexity index is 833. The highest BCUT2D eigenvalue weighted by atomic mass is 15.1. The molecule has 1 aromatic carbocycles. The molecule has 3 heterocycles. The summed E-state index contributed by atoms with van der Waals surface area (Å²) in [6.45, 7) is 5.35. The van der Waals surface area contributed by atoms with Crippen LogP contribution >= 0.6 is 0 Å². The lowest BCUT2D eigenvalue weighted by Gasteiger charge is -2.12.